The van der Waals surface area contributed by atoms with Crippen LogP contribution >= 0.6 is 15.9 Å². The van der Waals surface area contributed by atoms with Crippen LogP contribution in [0.25, 0.3) is 5.69 Å². The van der Waals surface area contributed by atoms with Crippen molar-refractivity contribution in [1.82, 2.24) is 14.8 Å². The minimum Gasteiger partial charge on any atom is -0.223 e. The Morgan fingerprint density at radius 1 is 1.47 bits per heavy atom. The Morgan fingerprint density at radius 3 is 2.93 bits per heavy atom. The van der Waals surface area contributed by atoms with Crippen molar-refractivity contribution in [3.8, 4) is 11.8 Å². The highest BCUT2D eigenvalue weighted by Crippen LogP contribution is 2.16. The zero-order valence-corrected chi connectivity index (χ0v) is 9.35. The van der Waals surface area contributed by atoms with E-state index in [1.54, 1.807) is 17.1 Å². The molecule has 0 atom stereocenters. The lowest BCUT2D eigenvalue weighted by molar-refractivity contribution is 0.874. The minimum atomic E-state index is 0.588. The van der Waals surface area contributed by atoms with Gasteiger partial charge in [-0.05, 0) is 17.7 Å². The van der Waals surface area contributed by atoms with Crippen molar-refractivity contribution in [2.24, 2.45) is 0 Å². The number of hydrogen-bond donors (Lipinski definition) is 0. The topological polar surface area (TPSA) is 54.5 Å². The van der Waals surface area contributed by atoms with Gasteiger partial charge in [-0.3, -0.25) is 0 Å². The van der Waals surface area contributed by atoms with Crippen LogP contribution in [-0.2, 0) is 5.33 Å². The van der Waals surface area contributed by atoms with Crippen molar-refractivity contribution >= 4 is 15.9 Å². The van der Waals surface area contributed by atoms with Gasteiger partial charge in [0.05, 0.1) is 11.3 Å². The first kappa shape index (κ1) is 9.87. The van der Waals surface area contributed by atoms with Crippen molar-refractivity contribution in [3.05, 3.63) is 42.0 Å². The van der Waals surface area contributed by atoms with E-state index in [-0.39, 0.29) is 0 Å². The van der Waals surface area contributed by atoms with Crippen LogP contribution in [0.2, 0.25) is 0 Å². The van der Waals surface area contributed by atoms with Crippen LogP contribution in [0.15, 0.2) is 30.9 Å². The molecule has 0 saturated carbocycles. The van der Waals surface area contributed by atoms with Crippen LogP contribution in [0.4, 0.5) is 0 Å². The molecule has 74 valence electrons. The predicted octanol–water partition coefficient (Wildman–Crippen LogP) is 2.03. The maximum absolute atomic E-state index is 8.96. The first-order chi connectivity index (χ1) is 7.35. The predicted molar refractivity (Wildman–Crippen MR) is 58.7 cm³/mol. The van der Waals surface area contributed by atoms with Gasteiger partial charge in [0.15, 0.2) is 0 Å². The van der Waals surface area contributed by atoms with Gasteiger partial charge in [-0.15, -0.1) is 0 Å². The third kappa shape index (κ3) is 1.90. The van der Waals surface area contributed by atoms with Crippen molar-refractivity contribution in [3.63, 3.8) is 0 Å². The lowest BCUT2D eigenvalue weighted by Gasteiger charge is -2.04. The van der Waals surface area contributed by atoms with E-state index in [9.17, 15) is 0 Å². The summed E-state index contributed by atoms with van der Waals surface area (Å²) in [5.41, 5.74) is 2.44. The molecular formula is C10H7BrN4. The summed E-state index contributed by atoms with van der Waals surface area (Å²) in [6.07, 6.45) is 3.02. The summed E-state index contributed by atoms with van der Waals surface area (Å²) in [5.74, 6) is 0. The number of halogens is 1. The first-order valence-corrected chi connectivity index (χ1v) is 5.41. The number of benzene rings is 1. The van der Waals surface area contributed by atoms with Gasteiger partial charge in [0.25, 0.3) is 0 Å². The highest BCUT2D eigenvalue weighted by atomic mass is 79.9. The van der Waals surface area contributed by atoms with Crippen LogP contribution in [0, 0.1) is 11.3 Å². The Balaban J connectivity index is 2.58. The molecule has 0 amide bonds. The average molecular weight is 263 g/mol. The summed E-state index contributed by atoms with van der Waals surface area (Å²) in [5, 5.41) is 13.7. The summed E-state index contributed by atoms with van der Waals surface area (Å²) < 4.78 is 1.59. The molecule has 0 aliphatic carbocycles. The second-order valence-electron chi connectivity index (χ2n) is 2.94. The van der Waals surface area contributed by atoms with E-state index >= 15 is 0 Å². The molecule has 0 saturated heterocycles. The maximum Gasteiger partial charge on any atom is 0.138 e. The maximum atomic E-state index is 8.96. The highest BCUT2D eigenvalue weighted by molar-refractivity contribution is 9.08. The number of rotatable bonds is 2. The molecule has 1 aromatic carbocycles. The third-order valence-corrected chi connectivity index (χ3v) is 2.65. The average Bonchev–Trinajstić information content (AvgIpc) is 2.81. The van der Waals surface area contributed by atoms with E-state index in [0.717, 1.165) is 16.6 Å². The number of nitriles is 1. The molecule has 2 rings (SSSR count). The van der Waals surface area contributed by atoms with Gasteiger partial charge in [-0.25, -0.2) is 9.67 Å². The molecule has 15 heavy (non-hydrogen) atoms. The van der Waals surface area contributed by atoms with Gasteiger partial charge in [0.1, 0.15) is 18.7 Å². The van der Waals surface area contributed by atoms with Crippen molar-refractivity contribution < 1.29 is 0 Å². The molecule has 0 N–H and O–H groups in total. The third-order valence-electron chi connectivity index (χ3n) is 2.00. The molecule has 0 spiro atoms. The number of nitrogens with zero attached hydrogens (tertiary/aromatic N) is 4. The Kier molecular flexibility index (Phi) is 2.79. The largest absolute Gasteiger partial charge is 0.223 e. The van der Waals surface area contributed by atoms with Gasteiger partial charge >= 0.3 is 0 Å². The molecular weight excluding hydrogens is 256 g/mol. The Bertz CT molecular complexity index is 499. The van der Waals surface area contributed by atoms with Crippen LogP contribution in [-0.4, -0.2) is 14.8 Å². The fourth-order valence-electron chi connectivity index (χ4n) is 1.28. The lowest BCUT2D eigenvalue weighted by atomic mass is 10.1. The van der Waals surface area contributed by atoms with Crippen molar-refractivity contribution in [2.75, 3.05) is 0 Å². The quantitative estimate of drug-likeness (QED) is 0.779. The summed E-state index contributed by atoms with van der Waals surface area (Å²) in [6.45, 7) is 0. The van der Waals surface area contributed by atoms with Gasteiger partial charge < -0.3 is 0 Å². The monoisotopic (exact) mass is 262 g/mol. The molecule has 2 aromatic rings. The van der Waals surface area contributed by atoms with Crippen LogP contribution in [0.5, 0.6) is 0 Å². The Labute approximate surface area is 95.3 Å². The Hall–Kier alpha value is -1.67. The zero-order chi connectivity index (χ0) is 10.7. The molecule has 0 radical (unpaired) electrons. The summed E-state index contributed by atoms with van der Waals surface area (Å²) >= 11 is 3.37. The van der Waals surface area contributed by atoms with E-state index < -0.39 is 0 Å². The molecule has 0 bridgehead atoms. The Morgan fingerprint density at radius 2 is 2.33 bits per heavy atom. The van der Waals surface area contributed by atoms with E-state index in [0.29, 0.717) is 5.56 Å². The van der Waals surface area contributed by atoms with Gasteiger partial charge in [-0.1, -0.05) is 22.0 Å². The molecule has 1 heterocycles. The fourth-order valence-corrected chi connectivity index (χ4v) is 1.63. The SMILES string of the molecule is N#Cc1ccc(CBr)cc1-n1cncn1. The van der Waals surface area contributed by atoms with E-state index in [1.165, 1.54) is 6.33 Å². The summed E-state index contributed by atoms with van der Waals surface area (Å²) in [6, 6.07) is 7.75. The minimum absolute atomic E-state index is 0.588. The van der Waals surface area contributed by atoms with Crippen LogP contribution in [0.1, 0.15) is 11.1 Å². The highest BCUT2D eigenvalue weighted by Gasteiger charge is 2.05. The summed E-state index contributed by atoms with van der Waals surface area (Å²) in [4.78, 5) is 3.86. The number of hydrogen-bond acceptors (Lipinski definition) is 3. The number of aromatic nitrogens is 3. The molecule has 5 heteroatoms. The molecule has 0 fully saturated rings. The van der Waals surface area contributed by atoms with Gasteiger partial charge in [0, 0.05) is 5.33 Å². The molecule has 0 unspecified atom stereocenters. The normalized spacial score (nSPS) is 9.87. The van der Waals surface area contributed by atoms with E-state index in [4.69, 9.17) is 5.26 Å². The van der Waals surface area contributed by atoms with E-state index in [2.05, 4.69) is 32.1 Å². The second kappa shape index (κ2) is 4.24. The van der Waals surface area contributed by atoms with Crippen molar-refractivity contribution in [1.29, 1.82) is 5.26 Å². The van der Waals surface area contributed by atoms with Crippen molar-refractivity contribution in [2.45, 2.75) is 5.33 Å². The number of alkyl halides is 1. The first-order valence-electron chi connectivity index (χ1n) is 4.29. The standard InChI is InChI=1S/C10H7BrN4/c11-4-8-1-2-9(5-12)10(3-8)15-7-13-6-14-15/h1-3,6-7H,4H2. The van der Waals surface area contributed by atoms with Gasteiger partial charge in [0.2, 0.25) is 0 Å². The smallest absolute Gasteiger partial charge is 0.138 e. The van der Waals surface area contributed by atoms with Crippen LogP contribution in [0.3, 0.4) is 0 Å². The fraction of sp³-hybridized carbons (Fsp3) is 0.100. The molecule has 1 aromatic heterocycles. The van der Waals surface area contributed by atoms with Gasteiger partial charge in [-0.2, -0.15) is 10.4 Å². The second-order valence-corrected chi connectivity index (χ2v) is 3.50. The zero-order valence-electron chi connectivity index (χ0n) is 7.76. The lowest BCUT2D eigenvalue weighted by Crippen LogP contribution is -1.98. The van der Waals surface area contributed by atoms with E-state index in [1.807, 2.05) is 12.1 Å². The molecule has 0 aliphatic rings. The summed E-state index contributed by atoms with van der Waals surface area (Å²) in [7, 11) is 0. The molecule has 4 nitrogen and oxygen atoms in total. The van der Waals surface area contributed by atoms with Crippen LogP contribution < -0.4 is 0 Å². The molecule has 0 aliphatic heterocycles.